The van der Waals surface area contributed by atoms with E-state index in [4.69, 9.17) is 29.8 Å². The van der Waals surface area contributed by atoms with Gasteiger partial charge in [0.25, 0.3) is 0 Å². The molecule has 1 rings (SSSR count). The molecule has 0 radical (unpaired) electrons. The van der Waals surface area contributed by atoms with Crippen LogP contribution < -0.4 is 24.7 Å². The summed E-state index contributed by atoms with van der Waals surface area (Å²) in [5, 5.41) is 9.09. The van der Waals surface area contributed by atoms with Crippen LogP contribution in [0.2, 0.25) is 0 Å². The molecule has 6 nitrogen and oxygen atoms in total. The molecule has 0 aromatic heterocycles. The maximum absolute atomic E-state index is 9.09. The van der Waals surface area contributed by atoms with Crippen LogP contribution in [0.5, 0.6) is 23.0 Å². The second-order valence-corrected chi connectivity index (χ2v) is 4.77. The molecule has 0 spiro atoms. The highest BCUT2D eigenvalue weighted by atomic mass is 16.5. The fraction of sp³-hybridized carbons (Fsp3) is 0.571. The quantitative estimate of drug-likeness (QED) is 0.746. The SMILES string of the molecule is COc1cc(OCCC(C)(N)CO)cc(OC)c1OC. The average Bonchev–Trinajstić information content (AvgIpc) is 2.45. The lowest BCUT2D eigenvalue weighted by atomic mass is 10.0. The van der Waals surface area contributed by atoms with Crippen LogP contribution in [0.25, 0.3) is 0 Å². The molecule has 0 saturated heterocycles. The average molecular weight is 285 g/mol. The number of aliphatic hydroxyl groups excluding tert-OH is 1. The van der Waals surface area contributed by atoms with E-state index >= 15 is 0 Å². The van der Waals surface area contributed by atoms with Crippen LogP contribution in [-0.4, -0.2) is 45.2 Å². The van der Waals surface area contributed by atoms with Crippen molar-refractivity contribution in [2.75, 3.05) is 34.5 Å². The van der Waals surface area contributed by atoms with Crippen molar-refractivity contribution < 1.29 is 24.1 Å². The molecule has 6 heteroatoms. The van der Waals surface area contributed by atoms with Crippen molar-refractivity contribution >= 4 is 0 Å². The first-order valence-corrected chi connectivity index (χ1v) is 6.30. The molecule has 0 aliphatic rings. The van der Waals surface area contributed by atoms with Crippen LogP contribution >= 0.6 is 0 Å². The van der Waals surface area contributed by atoms with Crippen LogP contribution in [-0.2, 0) is 0 Å². The minimum Gasteiger partial charge on any atom is -0.493 e. The Bertz CT molecular complexity index is 409. The van der Waals surface area contributed by atoms with Gasteiger partial charge in [-0.15, -0.1) is 0 Å². The number of rotatable bonds is 8. The van der Waals surface area contributed by atoms with E-state index in [9.17, 15) is 0 Å². The van der Waals surface area contributed by atoms with Crippen molar-refractivity contribution in [3.05, 3.63) is 12.1 Å². The zero-order chi connectivity index (χ0) is 15.2. The Morgan fingerprint density at radius 1 is 1.10 bits per heavy atom. The molecule has 20 heavy (non-hydrogen) atoms. The van der Waals surface area contributed by atoms with E-state index in [2.05, 4.69) is 0 Å². The summed E-state index contributed by atoms with van der Waals surface area (Å²) in [5.41, 5.74) is 5.19. The first-order valence-electron chi connectivity index (χ1n) is 6.30. The van der Waals surface area contributed by atoms with E-state index in [-0.39, 0.29) is 6.61 Å². The molecular formula is C14H23NO5. The molecule has 0 aliphatic carbocycles. The smallest absolute Gasteiger partial charge is 0.203 e. The second kappa shape index (κ2) is 7.21. The number of benzene rings is 1. The Balaban J connectivity index is 2.81. The molecule has 0 fully saturated rings. The summed E-state index contributed by atoms with van der Waals surface area (Å²) in [4.78, 5) is 0. The van der Waals surface area contributed by atoms with E-state index in [0.29, 0.717) is 36.0 Å². The zero-order valence-corrected chi connectivity index (χ0v) is 12.4. The van der Waals surface area contributed by atoms with Gasteiger partial charge < -0.3 is 29.8 Å². The number of nitrogens with two attached hydrogens (primary N) is 1. The minimum absolute atomic E-state index is 0.0917. The lowest BCUT2D eigenvalue weighted by Crippen LogP contribution is -2.41. The number of hydrogen-bond donors (Lipinski definition) is 2. The fourth-order valence-electron chi connectivity index (χ4n) is 1.62. The Morgan fingerprint density at radius 2 is 1.65 bits per heavy atom. The summed E-state index contributed by atoms with van der Waals surface area (Å²) in [6.45, 7) is 2.06. The monoisotopic (exact) mass is 285 g/mol. The molecule has 0 heterocycles. The van der Waals surface area contributed by atoms with Gasteiger partial charge in [0.15, 0.2) is 11.5 Å². The van der Waals surface area contributed by atoms with Gasteiger partial charge in [0.05, 0.1) is 34.5 Å². The van der Waals surface area contributed by atoms with Gasteiger partial charge in [0, 0.05) is 24.1 Å². The largest absolute Gasteiger partial charge is 0.493 e. The van der Waals surface area contributed by atoms with Gasteiger partial charge in [0.1, 0.15) is 5.75 Å². The van der Waals surface area contributed by atoms with Crippen molar-refractivity contribution in [1.82, 2.24) is 0 Å². The van der Waals surface area contributed by atoms with Crippen LogP contribution in [0, 0.1) is 0 Å². The molecule has 1 atom stereocenters. The first kappa shape index (κ1) is 16.4. The molecule has 0 saturated carbocycles. The third-order valence-electron chi connectivity index (χ3n) is 2.94. The number of aliphatic hydroxyl groups is 1. The van der Waals surface area contributed by atoms with Gasteiger partial charge in [-0.1, -0.05) is 0 Å². The molecule has 1 aromatic rings. The van der Waals surface area contributed by atoms with Crippen LogP contribution in [0.3, 0.4) is 0 Å². The normalized spacial score (nSPS) is 13.5. The maximum Gasteiger partial charge on any atom is 0.203 e. The molecule has 3 N–H and O–H groups in total. The Morgan fingerprint density at radius 3 is 2.05 bits per heavy atom. The summed E-state index contributed by atoms with van der Waals surface area (Å²) in [5.74, 6) is 2.16. The summed E-state index contributed by atoms with van der Waals surface area (Å²) in [7, 11) is 4.63. The van der Waals surface area contributed by atoms with Crippen LogP contribution in [0.15, 0.2) is 12.1 Å². The van der Waals surface area contributed by atoms with Crippen molar-refractivity contribution in [3.8, 4) is 23.0 Å². The van der Waals surface area contributed by atoms with Gasteiger partial charge in [-0.05, 0) is 6.92 Å². The molecule has 1 aromatic carbocycles. The zero-order valence-electron chi connectivity index (χ0n) is 12.4. The maximum atomic E-state index is 9.09. The van der Waals surface area contributed by atoms with Crippen molar-refractivity contribution in [2.24, 2.45) is 5.73 Å². The standard InChI is InChI=1S/C14H23NO5/c1-14(15,9-16)5-6-20-10-7-11(17-2)13(19-4)12(8-10)18-3/h7-8,16H,5-6,9,15H2,1-4H3. The highest BCUT2D eigenvalue weighted by molar-refractivity contribution is 5.55. The predicted molar refractivity (Wildman–Crippen MR) is 75.9 cm³/mol. The van der Waals surface area contributed by atoms with E-state index in [1.165, 1.54) is 0 Å². The molecule has 114 valence electrons. The van der Waals surface area contributed by atoms with Crippen LogP contribution in [0.1, 0.15) is 13.3 Å². The lowest BCUT2D eigenvalue weighted by Gasteiger charge is -2.21. The Labute approximate surface area is 119 Å². The van der Waals surface area contributed by atoms with E-state index in [0.717, 1.165) is 0 Å². The Kier molecular flexibility index (Phi) is 5.91. The number of ether oxygens (including phenoxy) is 4. The molecular weight excluding hydrogens is 262 g/mol. The van der Waals surface area contributed by atoms with Gasteiger partial charge in [-0.2, -0.15) is 0 Å². The number of methoxy groups -OCH3 is 3. The third kappa shape index (κ3) is 4.18. The highest BCUT2D eigenvalue weighted by Crippen LogP contribution is 2.40. The fourth-order valence-corrected chi connectivity index (χ4v) is 1.62. The van der Waals surface area contributed by atoms with Crippen molar-refractivity contribution in [3.63, 3.8) is 0 Å². The topological polar surface area (TPSA) is 83.2 Å². The summed E-state index contributed by atoms with van der Waals surface area (Å²) in [6.07, 6.45) is 0.528. The highest BCUT2D eigenvalue weighted by Gasteiger charge is 2.18. The second-order valence-electron chi connectivity index (χ2n) is 4.77. The van der Waals surface area contributed by atoms with Crippen molar-refractivity contribution in [2.45, 2.75) is 18.9 Å². The molecule has 1 unspecified atom stereocenters. The van der Waals surface area contributed by atoms with Crippen molar-refractivity contribution in [1.29, 1.82) is 0 Å². The minimum atomic E-state index is -0.652. The summed E-state index contributed by atoms with van der Waals surface area (Å²) in [6, 6.07) is 3.43. The number of hydrogen-bond acceptors (Lipinski definition) is 6. The van der Waals surface area contributed by atoms with Gasteiger partial charge in [0.2, 0.25) is 5.75 Å². The lowest BCUT2D eigenvalue weighted by molar-refractivity contribution is 0.174. The van der Waals surface area contributed by atoms with E-state index in [1.807, 2.05) is 0 Å². The Hall–Kier alpha value is -1.66. The molecule has 0 bridgehead atoms. The third-order valence-corrected chi connectivity index (χ3v) is 2.94. The molecule has 0 aliphatic heterocycles. The van der Waals surface area contributed by atoms with Crippen LogP contribution in [0.4, 0.5) is 0 Å². The van der Waals surface area contributed by atoms with E-state index < -0.39 is 5.54 Å². The summed E-state index contributed by atoms with van der Waals surface area (Å²) < 4.78 is 21.3. The van der Waals surface area contributed by atoms with Gasteiger partial charge in [-0.3, -0.25) is 0 Å². The van der Waals surface area contributed by atoms with E-state index in [1.54, 1.807) is 40.4 Å². The first-order chi connectivity index (χ1) is 9.47. The van der Waals surface area contributed by atoms with Gasteiger partial charge >= 0.3 is 0 Å². The van der Waals surface area contributed by atoms with Gasteiger partial charge in [-0.25, -0.2) is 0 Å². The predicted octanol–water partition coefficient (Wildman–Crippen LogP) is 1.19. The summed E-state index contributed by atoms with van der Waals surface area (Å²) >= 11 is 0. The molecule has 0 amide bonds.